The first-order valence-corrected chi connectivity index (χ1v) is 6.95. The van der Waals surface area contributed by atoms with Crippen molar-refractivity contribution in [2.75, 3.05) is 6.54 Å². The molecule has 3 rings (SSSR count). The summed E-state index contributed by atoms with van der Waals surface area (Å²) in [5.41, 5.74) is 1.41. The van der Waals surface area contributed by atoms with Crippen molar-refractivity contribution < 1.29 is 4.79 Å². The fourth-order valence-corrected chi connectivity index (χ4v) is 2.97. The lowest BCUT2D eigenvalue weighted by Crippen LogP contribution is -2.28. The molecule has 2 N–H and O–H groups in total. The van der Waals surface area contributed by atoms with Crippen molar-refractivity contribution in [2.24, 2.45) is 11.8 Å². The molecule has 0 saturated heterocycles. The smallest absolute Gasteiger partial charge is 0.272 e. The van der Waals surface area contributed by atoms with Crippen LogP contribution >= 0.6 is 0 Å². The SMILES string of the molecule is CC1CCC(CNC(=O)c2n[nH]c3ccccc23)C1. The Bertz CT molecular complexity index is 590. The van der Waals surface area contributed by atoms with Crippen molar-refractivity contribution in [3.63, 3.8) is 0 Å². The Balaban J connectivity index is 1.67. The minimum atomic E-state index is -0.0722. The third kappa shape index (κ3) is 2.48. The van der Waals surface area contributed by atoms with Crippen molar-refractivity contribution in [3.05, 3.63) is 30.0 Å². The number of carbonyl (C=O) groups excluding carboxylic acids is 1. The Labute approximate surface area is 112 Å². The Morgan fingerprint density at radius 1 is 1.42 bits per heavy atom. The Morgan fingerprint density at radius 3 is 3.05 bits per heavy atom. The molecular weight excluding hydrogens is 238 g/mol. The molecule has 2 atom stereocenters. The second-order valence-corrected chi connectivity index (χ2v) is 5.61. The van der Waals surface area contributed by atoms with Crippen LogP contribution in [0.4, 0.5) is 0 Å². The molecule has 0 aliphatic heterocycles. The van der Waals surface area contributed by atoms with Gasteiger partial charge in [-0.3, -0.25) is 9.89 Å². The number of amides is 1. The summed E-state index contributed by atoms with van der Waals surface area (Å²) < 4.78 is 0. The van der Waals surface area contributed by atoms with Crippen LogP contribution in [0.3, 0.4) is 0 Å². The van der Waals surface area contributed by atoms with Gasteiger partial charge in [-0.2, -0.15) is 5.10 Å². The van der Waals surface area contributed by atoms with Crippen molar-refractivity contribution in [3.8, 4) is 0 Å². The topological polar surface area (TPSA) is 57.8 Å². The molecule has 1 aromatic heterocycles. The number of fused-ring (bicyclic) bond motifs is 1. The highest BCUT2D eigenvalue weighted by Gasteiger charge is 2.22. The summed E-state index contributed by atoms with van der Waals surface area (Å²) in [6, 6.07) is 7.71. The summed E-state index contributed by atoms with van der Waals surface area (Å²) in [7, 11) is 0. The molecule has 4 heteroatoms. The lowest BCUT2D eigenvalue weighted by molar-refractivity contribution is 0.0943. The fraction of sp³-hybridized carbons (Fsp3) is 0.467. The predicted octanol–water partition coefficient (Wildman–Crippen LogP) is 2.73. The van der Waals surface area contributed by atoms with Gasteiger partial charge in [0.15, 0.2) is 5.69 Å². The van der Waals surface area contributed by atoms with Gasteiger partial charge in [0.2, 0.25) is 0 Å². The van der Waals surface area contributed by atoms with Crippen molar-refractivity contribution in [1.29, 1.82) is 0 Å². The number of aromatic amines is 1. The second-order valence-electron chi connectivity index (χ2n) is 5.61. The summed E-state index contributed by atoms with van der Waals surface area (Å²) in [5, 5.41) is 10.9. The van der Waals surface area contributed by atoms with E-state index in [1.165, 1.54) is 19.3 Å². The zero-order valence-electron chi connectivity index (χ0n) is 11.1. The number of H-pyrrole nitrogens is 1. The van der Waals surface area contributed by atoms with E-state index in [4.69, 9.17) is 0 Å². The number of para-hydroxylation sites is 1. The second kappa shape index (κ2) is 5.03. The van der Waals surface area contributed by atoms with Crippen LogP contribution in [0, 0.1) is 11.8 Å². The molecular formula is C15H19N3O. The van der Waals surface area contributed by atoms with E-state index in [2.05, 4.69) is 22.4 Å². The quantitative estimate of drug-likeness (QED) is 0.888. The first kappa shape index (κ1) is 12.2. The molecule has 1 aliphatic carbocycles. The molecule has 0 bridgehead atoms. The van der Waals surface area contributed by atoms with Crippen LogP contribution in [-0.4, -0.2) is 22.6 Å². The number of hydrogen-bond donors (Lipinski definition) is 2. The molecule has 0 spiro atoms. The van der Waals surface area contributed by atoms with Gasteiger partial charge in [-0.15, -0.1) is 0 Å². The summed E-state index contributed by atoms with van der Waals surface area (Å²) in [4.78, 5) is 12.2. The van der Waals surface area contributed by atoms with Gasteiger partial charge in [-0.1, -0.05) is 31.5 Å². The first-order valence-electron chi connectivity index (χ1n) is 6.95. The van der Waals surface area contributed by atoms with Gasteiger partial charge in [-0.25, -0.2) is 0 Å². The minimum Gasteiger partial charge on any atom is -0.350 e. The maximum atomic E-state index is 12.2. The van der Waals surface area contributed by atoms with Crippen molar-refractivity contribution in [1.82, 2.24) is 15.5 Å². The highest BCUT2D eigenvalue weighted by atomic mass is 16.1. The average molecular weight is 257 g/mol. The number of carbonyl (C=O) groups is 1. The number of aromatic nitrogens is 2. The van der Waals surface area contributed by atoms with Gasteiger partial charge in [0.25, 0.3) is 5.91 Å². The maximum absolute atomic E-state index is 12.2. The van der Waals surface area contributed by atoms with Crippen LogP contribution in [0.25, 0.3) is 10.9 Å². The lowest BCUT2D eigenvalue weighted by Gasteiger charge is -2.10. The average Bonchev–Trinajstić information content (AvgIpc) is 3.02. The van der Waals surface area contributed by atoms with E-state index in [0.29, 0.717) is 11.6 Å². The van der Waals surface area contributed by atoms with E-state index in [9.17, 15) is 4.79 Å². The standard InChI is InChI=1S/C15H19N3O/c1-10-6-7-11(8-10)9-16-15(19)14-12-4-2-3-5-13(12)17-18-14/h2-5,10-11H,6-9H2,1H3,(H,16,19)(H,17,18). The van der Waals surface area contributed by atoms with E-state index in [0.717, 1.165) is 23.4 Å². The fourth-order valence-electron chi connectivity index (χ4n) is 2.97. The highest BCUT2D eigenvalue weighted by Crippen LogP contribution is 2.29. The molecule has 0 radical (unpaired) electrons. The van der Waals surface area contributed by atoms with Crippen LogP contribution in [0.5, 0.6) is 0 Å². The number of nitrogens with one attached hydrogen (secondary N) is 2. The Kier molecular flexibility index (Phi) is 3.23. The van der Waals surface area contributed by atoms with Gasteiger partial charge in [0.1, 0.15) is 0 Å². The molecule has 1 heterocycles. The third-order valence-corrected chi connectivity index (χ3v) is 4.04. The molecule has 1 saturated carbocycles. The normalized spacial score (nSPS) is 22.8. The number of nitrogens with zero attached hydrogens (tertiary/aromatic N) is 1. The summed E-state index contributed by atoms with van der Waals surface area (Å²) in [6.45, 7) is 3.05. The number of benzene rings is 1. The Morgan fingerprint density at radius 2 is 2.26 bits per heavy atom. The van der Waals surface area contributed by atoms with Crippen LogP contribution in [0.1, 0.15) is 36.7 Å². The summed E-state index contributed by atoms with van der Waals surface area (Å²) in [5.74, 6) is 1.36. The van der Waals surface area contributed by atoms with Crippen LogP contribution in [0.15, 0.2) is 24.3 Å². The monoisotopic (exact) mass is 257 g/mol. The molecule has 2 unspecified atom stereocenters. The molecule has 1 aromatic carbocycles. The van der Waals surface area contributed by atoms with Crippen LogP contribution in [-0.2, 0) is 0 Å². The van der Waals surface area contributed by atoms with E-state index in [1.54, 1.807) is 0 Å². The van der Waals surface area contributed by atoms with Crippen LogP contribution in [0.2, 0.25) is 0 Å². The summed E-state index contributed by atoms with van der Waals surface area (Å²) >= 11 is 0. The summed E-state index contributed by atoms with van der Waals surface area (Å²) in [6.07, 6.45) is 3.73. The molecule has 1 amide bonds. The van der Waals surface area contributed by atoms with Gasteiger partial charge in [-0.05, 0) is 30.7 Å². The van der Waals surface area contributed by atoms with Gasteiger partial charge >= 0.3 is 0 Å². The zero-order chi connectivity index (χ0) is 13.2. The zero-order valence-corrected chi connectivity index (χ0v) is 11.1. The van der Waals surface area contributed by atoms with Crippen LogP contribution < -0.4 is 5.32 Å². The molecule has 19 heavy (non-hydrogen) atoms. The van der Waals surface area contributed by atoms with Crippen molar-refractivity contribution >= 4 is 16.8 Å². The third-order valence-electron chi connectivity index (χ3n) is 4.04. The van der Waals surface area contributed by atoms with Crippen molar-refractivity contribution in [2.45, 2.75) is 26.2 Å². The van der Waals surface area contributed by atoms with Gasteiger partial charge in [0, 0.05) is 11.9 Å². The van der Waals surface area contributed by atoms with Gasteiger partial charge in [0.05, 0.1) is 5.52 Å². The highest BCUT2D eigenvalue weighted by molar-refractivity contribution is 6.04. The lowest BCUT2D eigenvalue weighted by atomic mass is 10.1. The molecule has 4 nitrogen and oxygen atoms in total. The first-order chi connectivity index (χ1) is 9.24. The number of rotatable bonds is 3. The van der Waals surface area contributed by atoms with E-state index < -0.39 is 0 Å². The molecule has 1 fully saturated rings. The maximum Gasteiger partial charge on any atom is 0.272 e. The Hall–Kier alpha value is -1.84. The number of hydrogen-bond acceptors (Lipinski definition) is 2. The van der Waals surface area contributed by atoms with E-state index in [-0.39, 0.29) is 5.91 Å². The minimum absolute atomic E-state index is 0.0722. The largest absolute Gasteiger partial charge is 0.350 e. The van der Waals surface area contributed by atoms with Gasteiger partial charge < -0.3 is 5.32 Å². The van der Waals surface area contributed by atoms with E-state index in [1.807, 2.05) is 24.3 Å². The predicted molar refractivity (Wildman–Crippen MR) is 74.9 cm³/mol. The molecule has 1 aliphatic rings. The molecule has 100 valence electrons. The molecule has 2 aromatic rings. The van der Waals surface area contributed by atoms with E-state index >= 15 is 0 Å².